The predicted molar refractivity (Wildman–Crippen MR) is 59.9 cm³/mol. The summed E-state index contributed by atoms with van der Waals surface area (Å²) >= 11 is 0. The van der Waals surface area contributed by atoms with Gasteiger partial charge in [0.1, 0.15) is 0 Å². The third-order valence-corrected chi connectivity index (χ3v) is 8.22. The number of epoxide rings is 1. The smallest absolute Gasteiger partial charge is 0.335 e. The molecule has 0 aromatic carbocycles. The molecule has 2 unspecified atom stereocenters. The highest BCUT2D eigenvalue weighted by Crippen LogP contribution is 2.85. The van der Waals surface area contributed by atoms with Crippen molar-refractivity contribution in [2.75, 3.05) is 5.75 Å². The molecule has 19 heavy (non-hydrogen) atoms. The molecule has 7 heteroatoms. The summed E-state index contributed by atoms with van der Waals surface area (Å²) in [6.07, 6.45) is -2.20. The molecular formula is C12H15F3O3S. The first-order valence-corrected chi connectivity index (χ1v) is 8.37. The summed E-state index contributed by atoms with van der Waals surface area (Å²) in [7, 11) is -3.85. The maximum atomic E-state index is 13.4. The molecule has 0 N–H and O–H groups in total. The van der Waals surface area contributed by atoms with Gasteiger partial charge in [0.2, 0.25) is 10.5 Å². The third-order valence-electron chi connectivity index (χ3n) is 5.88. The van der Waals surface area contributed by atoms with Crippen LogP contribution in [0.2, 0.25) is 0 Å². The molecule has 1 aliphatic heterocycles. The van der Waals surface area contributed by atoms with Crippen LogP contribution in [-0.2, 0) is 14.6 Å². The van der Waals surface area contributed by atoms with Gasteiger partial charge in [-0.2, -0.15) is 13.2 Å². The molecule has 1 saturated heterocycles. The normalized spacial score (nSPS) is 54.5. The number of sulfone groups is 1. The van der Waals surface area contributed by atoms with Crippen molar-refractivity contribution in [2.24, 2.45) is 23.7 Å². The van der Waals surface area contributed by atoms with Gasteiger partial charge in [-0.1, -0.05) is 6.92 Å². The van der Waals surface area contributed by atoms with E-state index < -0.39 is 38.4 Å². The summed E-state index contributed by atoms with van der Waals surface area (Å²) in [5.41, 5.74) is -2.38. The van der Waals surface area contributed by atoms with Crippen LogP contribution >= 0.6 is 0 Å². The monoisotopic (exact) mass is 296 g/mol. The van der Waals surface area contributed by atoms with Crippen LogP contribution in [0.4, 0.5) is 13.2 Å². The van der Waals surface area contributed by atoms with Gasteiger partial charge in [-0.25, -0.2) is 8.42 Å². The van der Waals surface area contributed by atoms with Crippen LogP contribution in [0, 0.1) is 23.7 Å². The van der Waals surface area contributed by atoms with Gasteiger partial charge < -0.3 is 4.74 Å². The van der Waals surface area contributed by atoms with Crippen LogP contribution in [0.3, 0.4) is 0 Å². The summed E-state index contributed by atoms with van der Waals surface area (Å²) in [6, 6.07) is 0. The first-order chi connectivity index (χ1) is 8.73. The second-order valence-corrected chi connectivity index (χ2v) is 8.70. The zero-order chi connectivity index (χ0) is 13.8. The van der Waals surface area contributed by atoms with Crippen LogP contribution in [0.5, 0.6) is 0 Å². The fraction of sp³-hybridized carbons (Fsp3) is 1.00. The van der Waals surface area contributed by atoms with Crippen molar-refractivity contribution in [3.05, 3.63) is 0 Å². The second kappa shape index (κ2) is 2.98. The topological polar surface area (TPSA) is 46.7 Å². The summed E-state index contributed by atoms with van der Waals surface area (Å²) in [5, 5.41) is 0. The lowest BCUT2D eigenvalue weighted by molar-refractivity contribution is -0.222. The van der Waals surface area contributed by atoms with Crippen molar-refractivity contribution in [1.29, 1.82) is 0 Å². The summed E-state index contributed by atoms with van der Waals surface area (Å²) in [5.74, 6) is -1.22. The predicted octanol–water partition coefficient (Wildman–Crippen LogP) is 2.12. The molecule has 108 valence electrons. The van der Waals surface area contributed by atoms with Crippen LogP contribution in [0.1, 0.15) is 26.2 Å². The summed E-state index contributed by atoms with van der Waals surface area (Å²) in [6.45, 7) is 1.40. The van der Waals surface area contributed by atoms with Gasteiger partial charge in [-0.05, 0) is 31.1 Å². The van der Waals surface area contributed by atoms with Gasteiger partial charge in [-0.15, -0.1) is 0 Å². The minimum atomic E-state index is -4.58. The molecule has 0 amide bonds. The maximum absolute atomic E-state index is 13.4. The van der Waals surface area contributed by atoms with Crippen molar-refractivity contribution in [3.63, 3.8) is 0 Å². The lowest BCUT2D eigenvalue weighted by atomic mass is 9.58. The number of hydrogen-bond acceptors (Lipinski definition) is 3. The zero-order valence-electron chi connectivity index (χ0n) is 10.4. The first-order valence-electron chi connectivity index (χ1n) is 6.72. The Bertz CT molecular complexity index is 557. The van der Waals surface area contributed by atoms with E-state index in [-0.39, 0.29) is 17.6 Å². The van der Waals surface area contributed by atoms with E-state index in [2.05, 4.69) is 0 Å². The van der Waals surface area contributed by atoms with Gasteiger partial charge in [0.15, 0.2) is 9.84 Å². The Morgan fingerprint density at radius 3 is 2.32 bits per heavy atom. The molecule has 3 nitrogen and oxygen atoms in total. The highest BCUT2D eigenvalue weighted by Gasteiger charge is 3.03. The van der Waals surface area contributed by atoms with Crippen LogP contribution < -0.4 is 0 Å². The molecule has 4 rings (SSSR count). The lowest BCUT2D eigenvalue weighted by Gasteiger charge is -2.48. The number of rotatable bonds is 2. The highest BCUT2D eigenvalue weighted by atomic mass is 32.2. The standard InChI is InChI=1S/C12H15F3O3S/c1-2-19(16,17)11-9-7-4-3-6(5-7)8(9)10(11,18-11)12(13,14)15/h6-9H,2-5H2,1H3/t6-,7+,8+,9-,10?,11?/m1/s1. The Kier molecular flexibility index (Phi) is 1.95. The van der Waals surface area contributed by atoms with E-state index in [1.54, 1.807) is 0 Å². The molecule has 0 aromatic rings. The molecule has 6 atom stereocenters. The quantitative estimate of drug-likeness (QED) is 0.733. The Hall–Kier alpha value is -0.300. The second-order valence-electron chi connectivity index (χ2n) is 6.29. The van der Waals surface area contributed by atoms with Crippen molar-refractivity contribution in [1.82, 2.24) is 0 Å². The molecular weight excluding hydrogens is 281 g/mol. The summed E-state index contributed by atoms with van der Waals surface area (Å²) < 4.78 is 69.7. The van der Waals surface area contributed by atoms with Crippen LogP contribution in [0.15, 0.2) is 0 Å². The van der Waals surface area contributed by atoms with E-state index >= 15 is 0 Å². The van der Waals surface area contributed by atoms with Gasteiger partial charge in [-0.3, -0.25) is 0 Å². The van der Waals surface area contributed by atoms with E-state index in [9.17, 15) is 21.6 Å². The average Bonchev–Trinajstić information content (AvgIpc) is 2.58. The number of fused-ring (bicyclic) bond motifs is 8. The zero-order valence-corrected chi connectivity index (χ0v) is 11.2. The van der Waals surface area contributed by atoms with E-state index in [4.69, 9.17) is 4.74 Å². The minimum absolute atomic E-state index is 0.000642. The van der Waals surface area contributed by atoms with Gasteiger partial charge in [0.05, 0.1) is 5.75 Å². The van der Waals surface area contributed by atoms with Gasteiger partial charge in [0.25, 0.3) is 0 Å². The Labute approximate surface area is 109 Å². The van der Waals surface area contributed by atoms with Crippen molar-refractivity contribution in [3.8, 4) is 0 Å². The average molecular weight is 296 g/mol. The van der Waals surface area contributed by atoms with Crippen molar-refractivity contribution in [2.45, 2.75) is 42.9 Å². The number of hydrogen-bond donors (Lipinski definition) is 0. The molecule has 4 fully saturated rings. The molecule has 0 aromatic heterocycles. The first kappa shape index (κ1) is 12.4. The maximum Gasteiger partial charge on any atom is 0.421 e. The fourth-order valence-corrected chi connectivity index (χ4v) is 7.47. The van der Waals surface area contributed by atoms with Crippen LogP contribution in [0.25, 0.3) is 0 Å². The minimum Gasteiger partial charge on any atom is -0.335 e. The molecule has 3 saturated carbocycles. The van der Waals surface area contributed by atoms with E-state index in [0.29, 0.717) is 0 Å². The Morgan fingerprint density at radius 2 is 1.79 bits per heavy atom. The third kappa shape index (κ3) is 0.981. The SMILES string of the molecule is CCS(=O)(=O)C12OC1(C(F)(F)F)[C@H]1[C@@H]3CC[C@@H](C3)[C@H]12. The molecule has 0 radical (unpaired) electrons. The van der Waals surface area contributed by atoms with E-state index in [1.807, 2.05) is 0 Å². The number of ether oxygens (including phenoxy) is 1. The lowest BCUT2D eigenvalue weighted by Crippen LogP contribution is -2.66. The van der Waals surface area contributed by atoms with E-state index in [0.717, 1.165) is 19.3 Å². The molecule has 1 heterocycles. The molecule has 3 aliphatic carbocycles. The largest absolute Gasteiger partial charge is 0.421 e. The van der Waals surface area contributed by atoms with Crippen molar-refractivity contribution >= 4 is 9.84 Å². The van der Waals surface area contributed by atoms with Crippen molar-refractivity contribution < 1.29 is 26.3 Å². The molecule has 0 spiro atoms. The number of halogens is 3. The van der Waals surface area contributed by atoms with Crippen LogP contribution in [-0.4, -0.2) is 30.9 Å². The molecule has 2 bridgehead atoms. The fourth-order valence-electron chi connectivity index (χ4n) is 5.32. The Balaban J connectivity index is 1.86. The highest BCUT2D eigenvalue weighted by molar-refractivity contribution is 7.93. The number of alkyl halides is 3. The van der Waals surface area contributed by atoms with Gasteiger partial charge in [0, 0.05) is 11.8 Å². The van der Waals surface area contributed by atoms with Gasteiger partial charge >= 0.3 is 6.18 Å². The van der Waals surface area contributed by atoms with E-state index in [1.165, 1.54) is 6.92 Å². The molecule has 4 aliphatic rings. The summed E-state index contributed by atoms with van der Waals surface area (Å²) in [4.78, 5) is -1.93. The Morgan fingerprint density at radius 1 is 1.21 bits per heavy atom.